The summed E-state index contributed by atoms with van der Waals surface area (Å²) in [6.45, 7) is 0.486. The molecule has 0 aliphatic rings. The average Bonchev–Trinajstić information content (AvgIpc) is 2.72. The number of carboxylic acids is 1. The van der Waals surface area contributed by atoms with E-state index >= 15 is 0 Å². The Hall–Kier alpha value is -2.50. The van der Waals surface area contributed by atoms with Crippen LogP contribution in [0.5, 0.6) is 0 Å². The topological polar surface area (TPSA) is 93.2 Å². The Labute approximate surface area is 104 Å². The van der Waals surface area contributed by atoms with Gasteiger partial charge < -0.3 is 16.2 Å². The van der Waals surface area contributed by atoms with Crippen molar-refractivity contribution in [3.8, 4) is 0 Å². The summed E-state index contributed by atoms with van der Waals surface area (Å²) in [5.41, 5.74) is 7.83. The Balaban J connectivity index is 2.20. The van der Waals surface area contributed by atoms with Crippen LogP contribution in [-0.2, 0) is 13.6 Å². The number of benzene rings is 1. The van der Waals surface area contributed by atoms with Crippen molar-refractivity contribution in [2.75, 3.05) is 11.1 Å². The van der Waals surface area contributed by atoms with Crippen molar-refractivity contribution < 1.29 is 9.90 Å². The van der Waals surface area contributed by atoms with Crippen molar-refractivity contribution in [2.24, 2.45) is 7.05 Å². The highest BCUT2D eigenvalue weighted by Crippen LogP contribution is 2.20. The number of carboxylic acid groups (broad SMARTS) is 1. The largest absolute Gasteiger partial charge is 0.478 e. The van der Waals surface area contributed by atoms with Crippen LogP contribution in [0.2, 0.25) is 0 Å². The number of rotatable bonds is 4. The zero-order valence-electron chi connectivity index (χ0n) is 9.92. The minimum atomic E-state index is -0.984. The first kappa shape index (κ1) is 12.0. The summed E-state index contributed by atoms with van der Waals surface area (Å²) in [6, 6.07) is 6.53. The molecule has 0 fully saturated rings. The third-order valence-electron chi connectivity index (χ3n) is 2.66. The fourth-order valence-corrected chi connectivity index (χ4v) is 1.66. The highest BCUT2D eigenvalue weighted by Gasteiger charge is 2.10. The number of aryl methyl sites for hydroxylation is 1. The second-order valence-electron chi connectivity index (χ2n) is 3.91. The number of nitrogens with one attached hydrogen (secondary N) is 1. The van der Waals surface area contributed by atoms with Crippen LogP contribution >= 0.6 is 0 Å². The van der Waals surface area contributed by atoms with Crippen LogP contribution in [0.4, 0.5) is 11.4 Å². The molecule has 0 aliphatic carbocycles. The Morgan fingerprint density at radius 2 is 2.28 bits per heavy atom. The first-order chi connectivity index (χ1) is 8.58. The van der Waals surface area contributed by atoms with Gasteiger partial charge in [-0.3, -0.25) is 4.68 Å². The lowest BCUT2D eigenvalue weighted by molar-refractivity contribution is 0.0698. The molecule has 0 aliphatic heterocycles. The number of aromatic nitrogens is 2. The quantitative estimate of drug-likeness (QED) is 0.707. The molecule has 0 amide bonds. The van der Waals surface area contributed by atoms with Gasteiger partial charge in [0.15, 0.2) is 0 Å². The number of hydrogen-bond acceptors (Lipinski definition) is 4. The van der Waals surface area contributed by atoms with Gasteiger partial charge in [-0.25, -0.2) is 4.79 Å². The highest BCUT2D eigenvalue weighted by molar-refractivity contribution is 5.95. The van der Waals surface area contributed by atoms with Crippen LogP contribution in [0.3, 0.4) is 0 Å². The van der Waals surface area contributed by atoms with Crippen LogP contribution in [0.1, 0.15) is 16.1 Å². The summed E-state index contributed by atoms with van der Waals surface area (Å²) < 4.78 is 1.72. The number of nitrogens with zero attached hydrogens (tertiary/aromatic N) is 2. The van der Waals surface area contributed by atoms with Gasteiger partial charge in [0.25, 0.3) is 0 Å². The van der Waals surface area contributed by atoms with Crippen molar-refractivity contribution in [1.29, 1.82) is 0 Å². The fourth-order valence-electron chi connectivity index (χ4n) is 1.66. The van der Waals surface area contributed by atoms with Crippen LogP contribution in [-0.4, -0.2) is 20.9 Å². The van der Waals surface area contributed by atoms with Gasteiger partial charge >= 0.3 is 5.97 Å². The number of anilines is 2. The molecule has 0 spiro atoms. The zero-order chi connectivity index (χ0) is 13.1. The molecule has 2 aromatic rings. The lowest BCUT2D eigenvalue weighted by atomic mass is 10.1. The van der Waals surface area contributed by atoms with E-state index in [1.165, 1.54) is 6.07 Å². The number of aromatic carboxylic acids is 1. The number of hydrogen-bond donors (Lipinski definition) is 3. The number of carbonyl (C=O) groups is 1. The van der Waals surface area contributed by atoms with Gasteiger partial charge in [-0.15, -0.1) is 0 Å². The van der Waals surface area contributed by atoms with Gasteiger partial charge in [0.2, 0.25) is 0 Å². The van der Waals surface area contributed by atoms with E-state index in [-0.39, 0.29) is 5.56 Å². The molecule has 0 saturated carbocycles. The molecule has 0 unspecified atom stereocenters. The first-order valence-electron chi connectivity index (χ1n) is 5.41. The van der Waals surface area contributed by atoms with E-state index in [1.807, 2.05) is 13.1 Å². The van der Waals surface area contributed by atoms with Gasteiger partial charge in [0, 0.05) is 18.9 Å². The molecule has 4 N–H and O–H groups in total. The molecule has 0 atom stereocenters. The molecule has 18 heavy (non-hydrogen) atoms. The summed E-state index contributed by atoms with van der Waals surface area (Å²) in [7, 11) is 1.83. The molecule has 0 bridgehead atoms. The predicted molar refractivity (Wildman–Crippen MR) is 68.3 cm³/mol. The van der Waals surface area contributed by atoms with E-state index < -0.39 is 5.97 Å². The molecule has 1 aromatic carbocycles. The Bertz CT molecular complexity index is 577. The first-order valence-corrected chi connectivity index (χ1v) is 5.41. The minimum absolute atomic E-state index is 0.200. The molecular weight excluding hydrogens is 232 g/mol. The summed E-state index contributed by atoms with van der Waals surface area (Å²) >= 11 is 0. The number of nitrogens with two attached hydrogens (primary N) is 1. The molecular formula is C12H14N4O2. The van der Waals surface area contributed by atoms with Crippen molar-refractivity contribution in [3.05, 3.63) is 41.7 Å². The van der Waals surface area contributed by atoms with E-state index in [0.717, 1.165) is 5.69 Å². The standard InChI is InChI=1S/C12H14N4O2/c1-16-9(4-5-15-16)7-14-11-6-8(13)2-3-10(11)12(17)18/h2-6,14H,7,13H2,1H3,(H,17,18). The summed E-state index contributed by atoms with van der Waals surface area (Å²) in [5, 5.41) is 16.2. The van der Waals surface area contributed by atoms with E-state index in [4.69, 9.17) is 10.8 Å². The van der Waals surface area contributed by atoms with Gasteiger partial charge in [-0.1, -0.05) is 0 Å². The predicted octanol–water partition coefficient (Wildman–Crippen LogP) is 1.31. The van der Waals surface area contributed by atoms with Crippen molar-refractivity contribution >= 4 is 17.3 Å². The highest BCUT2D eigenvalue weighted by atomic mass is 16.4. The lowest BCUT2D eigenvalue weighted by Crippen LogP contribution is -2.09. The maximum Gasteiger partial charge on any atom is 0.337 e. The molecule has 6 heteroatoms. The molecule has 6 nitrogen and oxygen atoms in total. The van der Waals surface area contributed by atoms with Gasteiger partial charge in [0.1, 0.15) is 0 Å². The smallest absolute Gasteiger partial charge is 0.337 e. The summed E-state index contributed by atoms with van der Waals surface area (Å²) in [6.07, 6.45) is 1.69. The Morgan fingerprint density at radius 1 is 1.50 bits per heavy atom. The summed E-state index contributed by atoms with van der Waals surface area (Å²) in [5.74, 6) is -0.984. The Kier molecular flexibility index (Phi) is 3.18. The SMILES string of the molecule is Cn1nccc1CNc1cc(N)ccc1C(=O)O. The van der Waals surface area contributed by atoms with Crippen molar-refractivity contribution in [3.63, 3.8) is 0 Å². The molecule has 2 rings (SSSR count). The van der Waals surface area contributed by atoms with E-state index in [9.17, 15) is 4.79 Å². The second-order valence-corrected chi connectivity index (χ2v) is 3.91. The van der Waals surface area contributed by atoms with Gasteiger partial charge in [-0.2, -0.15) is 5.10 Å². The lowest BCUT2D eigenvalue weighted by Gasteiger charge is -2.10. The van der Waals surface area contributed by atoms with Gasteiger partial charge in [0.05, 0.1) is 23.5 Å². The third kappa shape index (κ3) is 2.42. The maximum atomic E-state index is 11.1. The van der Waals surface area contributed by atoms with Crippen LogP contribution in [0.25, 0.3) is 0 Å². The second kappa shape index (κ2) is 4.79. The van der Waals surface area contributed by atoms with E-state index in [1.54, 1.807) is 23.0 Å². The molecule has 0 saturated heterocycles. The molecule has 0 radical (unpaired) electrons. The third-order valence-corrected chi connectivity index (χ3v) is 2.66. The van der Waals surface area contributed by atoms with Crippen LogP contribution < -0.4 is 11.1 Å². The molecule has 94 valence electrons. The Morgan fingerprint density at radius 3 is 2.89 bits per heavy atom. The molecule has 1 heterocycles. The van der Waals surface area contributed by atoms with Crippen LogP contribution in [0.15, 0.2) is 30.5 Å². The minimum Gasteiger partial charge on any atom is -0.478 e. The van der Waals surface area contributed by atoms with Gasteiger partial charge in [-0.05, 0) is 24.3 Å². The van der Waals surface area contributed by atoms with E-state index in [0.29, 0.717) is 17.9 Å². The average molecular weight is 246 g/mol. The zero-order valence-corrected chi connectivity index (χ0v) is 9.92. The van der Waals surface area contributed by atoms with E-state index in [2.05, 4.69) is 10.4 Å². The number of nitrogen functional groups attached to an aromatic ring is 1. The molecule has 1 aromatic heterocycles. The van der Waals surface area contributed by atoms with Crippen molar-refractivity contribution in [2.45, 2.75) is 6.54 Å². The monoisotopic (exact) mass is 246 g/mol. The fraction of sp³-hybridized carbons (Fsp3) is 0.167. The summed E-state index contributed by atoms with van der Waals surface area (Å²) in [4.78, 5) is 11.1. The normalized spacial score (nSPS) is 10.3. The maximum absolute atomic E-state index is 11.1. The van der Waals surface area contributed by atoms with Crippen LogP contribution in [0, 0.1) is 0 Å². The van der Waals surface area contributed by atoms with Crippen molar-refractivity contribution in [1.82, 2.24) is 9.78 Å².